The van der Waals surface area contributed by atoms with E-state index < -0.39 is 0 Å². The third-order valence-electron chi connectivity index (χ3n) is 3.45. The van der Waals surface area contributed by atoms with Crippen LogP contribution in [0.5, 0.6) is 0 Å². The third-order valence-corrected chi connectivity index (χ3v) is 3.45. The Bertz CT molecular complexity index is 415. The zero-order valence-corrected chi connectivity index (χ0v) is 12.7. The molecule has 0 spiro atoms. The molecule has 19 heavy (non-hydrogen) atoms. The summed E-state index contributed by atoms with van der Waals surface area (Å²) in [5.74, 6) is 0.222. The highest BCUT2D eigenvalue weighted by Gasteiger charge is 2.18. The molecule has 1 unspecified atom stereocenters. The summed E-state index contributed by atoms with van der Waals surface area (Å²) in [4.78, 5) is 13.4. The SMILES string of the molecule is CN(C)C(=O)CC(CN)c1ccc(C(C)(C)C)cc1. The van der Waals surface area contributed by atoms with Crippen LogP contribution in [0.1, 0.15) is 44.2 Å². The summed E-state index contributed by atoms with van der Waals surface area (Å²) in [5.41, 5.74) is 8.40. The van der Waals surface area contributed by atoms with Gasteiger partial charge in [0.15, 0.2) is 0 Å². The van der Waals surface area contributed by atoms with Gasteiger partial charge in [-0.1, -0.05) is 45.0 Å². The third kappa shape index (κ3) is 4.35. The van der Waals surface area contributed by atoms with Gasteiger partial charge in [0, 0.05) is 26.4 Å². The number of nitrogens with zero attached hydrogens (tertiary/aromatic N) is 1. The highest BCUT2D eigenvalue weighted by atomic mass is 16.2. The van der Waals surface area contributed by atoms with Gasteiger partial charge in [-0.25, -0.2) is 0 Å². The average molecular weight is 262 g/mol. The van der Waals surface area contributed by atoms with Crippen molar-refractivity contribution in [2.24, 2.45) is 5.73 Å². The van der Waals surface area contributed by atoms with E-state index in [1.165, 1.54) is 5.56 Å². The Hall–Kier alpha value is -1.35. The van der Waals surface area contributed by atoms with Crippen molar-refractivity contribution in [1.29, 1.82) is 0 Å². The lowest BCUT2D eigenvalue weighted by atomic mass is 9.85. The topological polar surface area (TPSA) is 46.3 Å². The van der Waals surface area contributed by atoms with Gasteiger partial charge in [-0.2, -0.15) is 0 Å². The molecule has 0 saturated carbocycles. The van der Waals surface area contributed by atoms with Gasteiger partial charge in [0.2, 0.25) is 5.91 Å². The molecule has 1 rings (SSSR count). The molecule has 2 N–H and O–H groups in total. The monoisotopic (exact) mass is 262 g/mol. The van der Waals surface area contributed by atoms with E-state index in [-0.39, 0.29) is 17.2 Å². The lowest BCUT2D eigenvalue weighted by Gasteiger charge is -2.21. The van der Waals surface area contributed by atoms with Crippen LogP contribution in [0.3, 0.4) is 0 Å². The molecule has 0 radical (unpaired) electrons. The van der Waals surface area contributed by atoms with E-state index in [1.54, 1.807) is 19.0 Å². The van der Waals surface area contributed by atoms with Gasteiger partial charge in [0.1, 0.15) is 0 Å². The molecule has 0 heterocycles. The molecule has 1 aromatic rings. The molecule has 106 valence electrons. The van der Waals surface area contributed by atoms with Crippen LogP contribution in [0.25, 0.3) is 0 Å². The Morgan fingerprint density at radius 1 is 1.21 bits per heavy atom. The molecule has 0 aromatic heterocycles. The van der Waals surface area contributed by atoms with Crippen molar-refractivity contribution in [3.63, 3.8) is 0 Å². The molecule has 0 saturated heterocycles. The van der Waals surface area contributed by atoms with Crippen LogP contribution < -0.4 is 5.73 Å². The van der Waals surface area contributed by atoms with E-state index in [1.807, 2.05) is 0 Å². The van der Waals surface area contributed by atoms with Crippen LogP contribution in [0.2, 0.25) is 0 Å². The minimum absolute atomic E-state index is 0.101. The van der Waals surface area contributed by atoms with Crippen LogP contribution in [-0.2, 0) is 10.2 Å². The second kappa shape index (κ2) is 6.20. The number of benzene rings is 1. The van der Waals surface area contributed by atoms with Crippen molar-refractivity contribution < 1.29 is 4.79 Å². The molecule has 1 amide bonds. The Morgan fingerprint density at radius 3 is 2.11 bits per heavy atom. The van der Waals surface area contributed by atoms with Crippen LogP contribution >= 0.6 is 0 Å². The number of nitrogens with two attached hydrogens (primary N) is 1. The number of hydrogen-bond acceptors (Lipinski definition) is 2. The first-order valence-electron chi connectivity index (χ1n) is 6.76. The van der Waals surface area contributed by atoms with Crippen molar-refractivity contribution in [1.82, 2.24) is 4.90 Å². The quantitative estimate of drug-likeness (QED) is 0.906. The van der Waals surface area contributed by atoms with Crippen molar-refractivity contribution in [2.75, 3.05) is 20.6 Å². The standard InChI is InChI=1S/C16H26N2O/c1-16(2,3)14-8-6-12(7-9-14)13(11-17)10-15(19)18(4)5/h6-9,13H,10-11,17H2,1-5H3. The van der Waals surface area contributed by atoms with Crippen LogP contribution in [-0.4, -0.2) is 31.4 Å². The van der Waals surface area contributed by atoms with Gasteiger partial charge in [-0.05, 0) is 23.1 Å². The van der Waals surface area contributed by atoms with Gasteiger partial charge >= 0.3 is 0 Å². The molecule has 3 heteroatoms. The van der Waals surface area contributed by atoms with Crippen molar-refractivity contribution in [3.8, 4) is 0 Å². The Morgan fingerprint density at radius 2 is 1.74 bits per heavy atom. The lowest BCUT2D eigenvalue weighted by Crippen LogP contribution is -2.26. The van der Waals surface area contributed by atoms with Gasteiger partial charge < -0.3 is 10.6 Å². The smallest absolute Gasteiger partial charge is 0.222 e. The van der Waals surface area contributed by atoms with Gasteiger partial charge in [-0.3, -0.25) is 4.79 Å². The number of hydrogen-bond donors (Lipinski definition) is 1. The van der Waals surface area contributed by atoms with Crippen molar-refractivity contribution in [2.45, 2.75) is 38.5 Å². The number of rotatable bonds is 4. The Balaban J connectivity index is 2.85. The second-order valence-electron chi connectivity index (χ2n) is 6.30. The predicted octanol–water partition coefficient (Wildman–Crippen LogP) is 2.50. The van der Waals surface area contributed by atoms with Gasteiger partial charge in [0.25, 0.3) is 0 Å². The molecule has 0 bridgehead atoms. The highest BCUT2D eigenvalue weighted by Crippen LogP contribution is 2.25. The molecule has 1 aromatic carbocycles. The fourth-order valence-corrected chi connectivity index (χ4v) is 1.99. The zero-order valence-electron chi connectivity index (χ0n) is 12.7. The maximum absolute atomic E-state index is 11.8. The van der Waals surface area contributed by atoms with Gasteiger partial charge in [0.05, 0.1) is 0 Å². The van der Waals surface area contributed by atoms with Crippen LogP contribution in [0.15, 0.2) is 24.3 Å². The largest absolute Gasteiger partial charge is 0.349 e. The Kier molecular flexibility index (Phi) is 5.12. The Labute approximate surface area is 116 Å². The van der Waals surface area contributed by atoms with Crippen LogP contribution in [0.4, 0.5) is 0 Å². The molecular formula is C16H26N2O. The number of amides is 1. The summed E-state index contributed by atoms with van der Waals surface area (Å²) in [6, 6.07) is 8.47. The van der Waals surface area contributed by atoms with Crippen LogP contribution in [0, 0.1) is 0 Å². The average Bonchev–Trinajstić information content (AvgIpc) is 2.34. The maximum Gasteiger partial charge on any atom is 0.222 e. The van der Waals surface area contributed by atoms with E-state index in [0.29, 0.717) is 13.0 Å². The summed E-state index contributed by atoms with van der Waals surface area (Å²) < 4.78 is 0. The van der Waals surface area contributed by atoms with Gasteiger partial charge in [-0.15, -0.1) is 0 Å². The zero-order chi connectivity index (χ0) is 14.6. The molecule has 0 aliphatic carbocycles. The van der Waals surface area contributed by atoms with Crippen molar-refractivity contribution in [3.05, 3.63) is 35.4 Å². The molecule has 3 nitrogen and oxygen atoms in total. The molecule has 0 fully saturated rings. The summed E-state index contributed by atoms with van der Waals surface area (Å²) in [6.07, 6.45) is 0.471. The van der Waals surface area contributed by atoms with E-state index in [0.717, 1.165) is 5.56 Å². The summed E-state index contributed by atoms with van der Waals surface area (Å²) in [5, 5.41) is 0. The molecule has 0 aliphatic rings. The first-order chi connectivity index (χ1) is 8.75. The van der Waals surface area contributed by atoms with E-state index in [4.69, 9.17) is 5.73 Å². The summed E-state index contributed by atoms with van der Waals surface area (Å²) in [6.45, 7) is 7.07. The first-order valence-corrected chi connectivity index (χ1v) is 6.76. The highest BCUT2D eigenvalue weighted by molar-refractivity contribution is 5.76. The van der Waals surface area contributed by atoms with E-state index >= 15 is 0 Å². The number of carbonyl (C=O) groups is 1. The first kappa shape index (κ1) is 15.7. The minimum Gasteiger partial charge on any atom is -0.349 e. The summed E-state index contributed by atoms with van der Waals surface area (Å²) in [7, 11) is 3.55. The number of carbonyl (C=O) groups excluding carboxylic acids is 1. The summed E-state index contributed by atoms with van der Waals surface area (Å²) >= 11 is 0. The normalized spacial score (nSPS) is 13.2. The fourth-order valence-electron chi connectivity index (χ4n) is 1.99. The van der Waals surface area contributed by atoms with E-state index in [9.17, 15) is 4.79 Å². The fraction of sp³-hybridized carbons (Fsp3) is 0.562. The predicted molar refractivity (Wildman–Crippen MR) is 80.2 cm³/mol. The molecular weight excluding hydrogens is 236 g/mol. The lowest BCUT2D eigenvalue weighted by molar-refractivity contribution is -0.129. The molecule has 0 aliphatic heterocycles. The minimum atomic E-state index is 0.101. The second-order valence-corrected chi connectivity index (χ2v) is 6.30. The maximum atomic E-state index is 11.8. The molecule has 1 atom stereocenters. The van der Waals surface area contributed by atoms with E-state index in [2.05, 4.69) is 45.0 Å². The van der Waals surface area contributed by atoms with Crippen molar-refractivity contribution >= 4 is 5.91 Å².